The molecule has 23 heavy (non-hydrogen) atoms. The molecule has 1 fully saturated rings. The second-order valence-electron chi connectivity index (χ2n) is 5.85. The number of carboxylic acid groups (broad SMARTS) is 1. The fourth-order valence-electron chi connectivity index (χ4n) is 3.09. The van der Waals surface area contributed by atoms with Crippen LogP contribution >= 0.6 is 11.3 Å². The van der Waals surface area contributed by atoms with Crippen LogP contribution in [0.1, 0.15) is 46.6 Å². The summed E-state index contributed by atoms with van der Waals surface area (Å²) in [7, 11) is 0. The Morgan fingerprint density at radius 3 is 2.48 bits per heavy atom. The van der Waals surface area contributed by atoms with Crippen molar-refractivity contribution in [3.63, 3.8) is 0 Å². The number of nitrogens with one attached hydrogen (secondary N) is 1. The molecule has 1 aromatic heterocycles. The van der Waals surface area contributed by atoms with Crippen molar-refractivity contribution in [2.45, 2.75) is 37.6 Å². The van der Waals surface area contributed by atoms with E-state index in [1.165, 1.54) is 12.1 Å². The van der Waals surface area contributed by atoms with Crippen LogP contribution in [0, 0.1) is 0 Å². The van der Waals surface area contributed by atoms with Crippen molar-refractivity contribution in [1.82, 2.24) is 10.3 Å². The normalized spacial score (nSPS) is 16.2. The topological polar surface area (TPSA) is 79.3 Å². The molecule has 0 radical (unpaired) electrons. The van der Waals surface area contributed by atoms with Gasteiger partial charge in [-0.15, -0.1) is 11.3 Å². The smallest absolute Gasteiger partial charge is 0.335 e. The van der Waals surface area contributed by atoms with Crippen LogP contribution in [0.3, 0.4) is 0 Å². The third-order valence-corrected chi connectivity index (χ3v) is 5.22. The predicted molar refractivity (Wildman–Crippen MR) is 87.5 cm³/mol. The third kappa shape index (κ3) is 3.42. The Kier molecular flexibility index (Phi) is 4.43. The molecule has 3 rings (SSSR count). The quantitative estimate of drug-likeness (QED) is 0.883. The maximum atomic E-state index is 12.4. The highest BCUT2D eigenvalue weighted by molar-refractivity contribution is 7.09. The zero-order chi connectivity index (χ0) is 16.3. The van der Waals surface area contributed by atoms with E-state index in [-0.39, 0.29) is 23.4 Å². The van der Waals surface area contributed by atoms with Gasteiger partial charge in [-0.25, -0.2) is 9.78 Å². The largest absolute Gasteiger partial charge is 0.478 e. The summed E-state index contributed by atoms with van der Waals surface area (Å²) >= 11 is 1.58. The lowest BCUT2D eigenvalue weighted by Crippen LogP contribution is -2.44. The molecule has 0 aliphatic heterocycles. The molecular formula is C17H18N2O3S. The Hall–Kier alpha value is -2.21. The molecular weight excluding hydrogens is 312 g/mol. The van der Waals surface area contributed by atoms with Crippen LogP contribution in [-0.4, -0.2) is 22.0 Å². The molecule has 0 bridgehead atoms. The number of amides is 1. The fourth-order valence-corrected chi connectivity index (χ4v) is 3.95. The molecule has 1 saturated carbocycles. The van der Waals surface area contributed by atoms with Crippen LogP contribution < -0.4 is 5.32 Å². The molecule has 1 aromatic carbocycles. The van der Waals surface area contributed by atoms with Crippen LogP contribution in [0.5, 0.6) is 0 Å². The molecule has 5 nitrogen and oxygen atoms in total. The van der Waals surface area contributed by atoms with Gasteiger partial charge >= 0.3 is 5.97 Å². The first-order valence-electron chi connectivity index (χ1n) is 7.62. The van der Waals surface area contributed by atoms with E-state index in [4.69, 9.17) is 5.11 Å². The molecule has 0 saturated heterocycles. The third-order valence-electron chi connectivity index (χ3n) is 4.24. The Bertz CT molecular complexity index is 689. The monoisotopic (exact) mass is 330 g/mol. The van der Waals surface area contributed by atoms with Gasteiger partial charge in [-0.2, -0.15) is 0 Å². The van der Waals surface area contributed by atoms with E-state index < -0.39 is 5.97 Å². The fraction of sp³-hybridized carbons (Fsp3) is 0.353. The van der Waals surface area contributed by atoms with Crippen molar-refractivity contribution in [1.29, 1.82) is 0 Å². The second-order valence-corrected chi connectivity index (χ2v) is 6.75. The number of hydrogen-bond acceptors (Lipinski definition) is 4. The summed E-state index contributed by atoms with van der Waals surface area (Å²) in [6.07, 6.45) is 6.04. The SMILES string of the molecule is O=C(Cc1ccc(C(=O)O)cc1)NC1(c2nccs2)CCCC1. The molecule has 1 aliphatic carbocycles. The average molecular weight is 330 g/mol. The Balaban J connectivity index is 1.69. The molecule has 0 spiro atoms. The van der Waals surface area contributed by atoms with E-state index in [9.17, 15) is 9.59 Å². The van der Waals surface area contributed by atoms with Gasteiger partial charge in [0.2, 0.25) is 5.91 Å². The predicted octanol–water partition coefficient (Wildman–Crippen LogP) is 2.97. The maximum absolute atomic E-state index is 12.4. The summed E-state index contributed by atoms with van der Waals surface area (Å²) in [5.74, 6) is -1.01. The summed E-state index contributed by atoms with van der Waals surface area (Å²) in [6, 6.07) is 6.43. The van der Waals surface area contributed by atoms with Gasteiger partial charge in [0.05, 0.1) is 17.5 Å². The van der Waals surface area contributed by atoms with E-state index in [0.29, 0.717) is 0 Å². The summed E-state index contributed by atoms with van der Waals surface area (Å²) < 4.78 is 0. The summed E-state index contributed by atoms with van der Waals surface area (Å²) in [4.78, 5) is 27.7. The molecule has 1 aliphatic rings. The van der Waals surface area contributed by atoms with E-state index in [1.807, 2.05) is 5.38 Å². The number of carboxylic acids is 1. The van der Waals surface area contributed by atoms with E-state index in [1.54, 1.807) is 29.7 Å². The number of aromatic nitrogens is 1. The number of rotatable bonds is 5. The molecule has 2 N–H and O–H groups in total. The lowest BCUT2D eigenvalue weighted by atomic mass is 9.97. The first-order valence-corrected chi connectivity index (χ1v) is 8.50. The summed E-state index contributed by atoms with van der Waals surface area (Å²) in [5.41, 5.74) is 0.704. The molecule has 6 heteroatoms. The number of aromatic carboxylic acids is 1. The summed E-state index contributed by atoms with van der Waals surface area (Å²) in [5, 5.41) is 15.0. The van der Waals surface area contributed by atoms with Crippen molar-refractivity contribution in [3.8, 4) is 0 Å². The molecule has 120 valence electrons. The minimum Gasteiger partial charge on any atom is -0.478 e. The Labute approximate surface area is 138 Å². The number of carbonyl (C=O) groups excluding carboxylic acids is 1. The van der Waals surface area contributed by atoms with Gasteiger partial charge in [0.25, 0.3) is 0 Å². The number of hydrogen-bond donors (Lipinski definition) is 2. The van der Waals surface area contributed by atoms with Crippen molar-refractivity contribution in [2.75, 3.05) is 0 Å². The van der Waals surface area contributed by atoms with Gasteiger partial charge in [0.1, 0.15) is 5.01 Å². The van der Waals surface area contributed by atoms with Crippen LogP contribution in [0.2, 0.25) is 0 Å². The zero-order valence-electron chi connectivity index (χ0n) is 12.6. The van der Waals surface area contributed by atoms with Gasteiger partial charge in [-0.05, 0) is 30.5 Å². The minimum absolute atomic E-state index is 0.0508. The maximum Gasteiger partial charge on any atom is 0.335 e. The van der Waals surface area contributed by atoms with Crippen molar-refractivity contribution in [2.24, 2.45) is 0 Å². The minimum atomic E-state index is -0.963. The molecule has 2 aromatic rings. The van der Waals surface area contributed by atoms with Crippen LogP contribution in [-0.2, 0) is 16.8 Å². The van der Waals surface area contributed by atoms with Crippen molar-refractivity contribution >= 4 is 23.2 Å². The molecule has 1 amide bonds. The zero-order valence-corrected chi connectivity index (χ0v) is 13.4. The van der Waals surface area contributed by atoms with E-state index in [2.05, 4.69) is 10.3 Å². The number of benzene rings is 1. The van der Waals surface area contributed by atoms with Gasteiger partial charge in [0, 0.05) is 11.6 Å². The first-order chi connectivity index (χ1) is 11.1. The highest BCUT2D eigenvalue weighted by atomic mass is 32.1. The molecule has 0 unspecified atom stereocenters. The van der Waals surface area contributed by atoms with E-state index >= 15 is 0 Å². The number of nitrogens with zero attached hydrogens (tertiary/aromatic N) is 1. The van der Waals surface area contributed by atoms with Crippen molar-refractivity contribution < 1.29 is 14.7 Å². The highest BCUT2D eigenvalue weighted by Gasteiger charge is 2.39. The van der Waals surface area contributed by atoms with Crippen LogP contribution in [0.25, 0.3) is 0 Å². The first kappa shape index (κ1) is 15.7. The molecule has 1 heterocycles. The van der Waals surface area contributed by atoms with Gasteiger partial charge in [-0.3, -0.25) is 4.79 Å². The Morgan fingerprint density at radius 2 is 1.91 bits per heavy atom. The highest BCUT2D eigenvalue weighted by Crippen LogP contribution is 2.39. The summed E-state index contributed by atoms with van der Waals surface area (Å²) in [6.45, 7) is 0. The van der Waals surface area contributed by atoms with Gasteiger partial charge < -0.3 is 10.4 Å². The lowest BCUT2D eigenvalue weighted by Gasteiger charge is -2.28. The second kappa shape index (κ2) is 6.50. The lowest BCUT2D eigenvalue weighted by molar-refractivity contribution is -0.122. The molecule has 0 atom stereocenters. The van der Waals surface area contributed by atoms with Gasteiger partial charge in [-0.1, -0.05) is 25.0 Å². The number of carbonyl (C=O) groups is 2. The average Bonchev–Trinajstić information content (AvgIpc) is 3.19. The number of thiazole rings is 1. The standard InChI is InChI=1S/C17H18N2O3S/c20-14(11-12-3-5-13(6-4-12)15(21)22)19-17(7-1-2-8-17)16-18-9-10-23-16/h3-6,9-10H,1-2,7-8,11H2,(H,19,20)(H,21,22). The van der Waals surface area contributed by atoms with Gasteiger partial charge in [0.15, 0.2) is 0 Å². The van der Waals surface area contributed by atoms with E-state index in [0.717, 1.165) is 36.3 Å². The van der Waals surface area contributed by atoms with Crippen LogP contribution in [0.15, 0.2) is 35.8 Å². The van der Waals surface area contributed by atoms with Crippen molar-refractivity contribution in [3.05, 3.63) is 52.0 Å². The van der Waals surface area contributed by atoms with Crippen LogP contribution in [0.4, 0.5) is 0 Å². The Morgan fingerprint density at radius 1 is 1.22 bits per heavy atom.